The summed E-state index contributed by atoms with van der Waals surface area (Å²) in [6.45, 7) is 1.39. The van der Waals surface area contributed by atoms with Crippen LogP contribution in [-0.4, -0.2) is 413 Å². The van der Waals surface area contributed by atoms with Gasteiger partial charge in [0.25, 0.3) is 0 Å². The van der Waals surface area contributed by atoms with Crippen molar-refractivity contribution < 1.29 is 178 Å². The fraction of sp³-hybridized carbons (Fsp3) is 0.894. The molecule has 21 saturated heterocycles. The van der Waals surface area contributed by atoms with E-state index in [1.165, 1.54) is 113 Å². The first kappa shape index (κ1) is 86.0. The summed E-state index contributed by atoms with van der Waals surface area (Å²) in [5.74, 6) is -0.247. The van der Waals surface area contributed by atoms with Crippen molar-refractivity contribution in [3.63, 3.8) is 0 Å². The topological polar surface area (TPSA) is 437 Å². The fourth-order valence-corrected chi connectivity index (χ4v) is 14.1. The number of methoxy groups -OCH3 is 14. The van der Waals surface area contributed by atoms with E-state index < -0.39 is 221 Å². The molecule has 21 heterocycles. The Morgan fingerprint density at radius 3 is 0.573 bits per heavy atom. The first-order chi connectivity index (χ1) is 49.4. The van der Waals surface area contributed by atoms with E-state index in [9.17, 15) is 45.6 Å². The first-order valence-corrected chi connectivity index (χ1v) is 33.8. The highest BCUT2D eigenvalue weighted by atomic mass is 16.8. The lowest BCUT2D eigenvalue weighted by Crippen LogP contribution is -2.69. The van der Waals surface area contributed by atoms with Crippen LogP contribution in [0.1, 0.15) is 24.2 Å². The van der Waals surface area contributed by atoms with E-state index in [0.717, 1.165) is 0 Å². The molecule has 596 valence electrons. The smallest absolute Gasteiger partial charge is 0.193 e. The van der Waals surface area contributed by atoms with Gasteiger partial charge >= 0.3 is 0 Å². The van der Waals surface area contributed by atoms with Crippen molar-refractivity contribution in [3.8, 4) is 0 Å². The average molecular weight is 1500 g/mol. The van der Waals surface area contributed by atoms with Crippen molar-refractivity contribution in [2.75, 3.05) is 146 Å². The number of ether oxygens (including phenoxy) is 28. The summed E-state index contributed by atoms with van der Waals surface area (Å²) in [5, 5.41) is 95.6. The number of benzene rings is 1. The second-order valence-electron chi connectivity index (χ2n) is 26.3. The highest BCUT2D eigenvalue weighted by Gasteiger charge is 2.61. The SMILES string of the molecule is CC(C)(O)C(=O)c1ccccc1.COC[C@@H]1O[C@@H]2O[C@H]3[C@H](O)[C@@H](OC)[C@@H](O[C@H]4[C@@H](O)[C@H](OC)[C@@H](O[C@H]5[C@H](O)[C@H](OC)[C@@H](O[C@H]6[C@H](O)[C@@H](OC)[C@@H](O[C@H]7[C@H](O)[C@@H](OC)[C@@H](O[C@H]8[C@H](O)[C@@H](OC)[C@@H](O[C@H]1[C@H](O)[C@H]2OC)O[C@H]8COC)O[C@H]7COC)O[C@@H]6COC)O[C@@H]5COC)O[C@@H]4COC)O[C@H]3COC. The maximum absolute atomic E-state index is 12.3. The Labute approximate surface area is 598 Å². The van der Waals surface area contributed by atoms with E-state index in [2.05, 4.69) is 0 Å². The van der Waals surface area contributed by atoms with Gasteiger partial charge in [0.1, 0.15) is 177 Å². The van der Waals surface area contributed by atoms with Gasteiger partial charge in [-0.15, -0.1) is 0 Å². The van der Waals surface area contributed by atoms with Gasteiger partial charge in [-0.2, -0.15) is 0 Å². The van der Waals surface area contributed by atoms with Crippen LogP contribution in [0, 0.1) is 0 Å². The summed E-state index contributed by atoms with van der Waals surface area (Å²) < 4.78 is 171. The molecule has 14 bridgehead atoms. The summed E-state index contributed by atoms with van der Waals surface area (Å²) in [4.78, 5) is 11.4. The van der Waals surface area contributed by atoms with Crippen molar-refractivity contribution in [3.05, 3.63) is 35.9 Å². The molecule has 22 rings (SSSR count). The summed E-state index contributed by atoms with van der Waals surface area (Å²) in [5.41, 5.74) is -0.730. The molecule has 0 spiro atoms. The number of hydrogen-bond donors (Lipinski definition) is 8. The normalized spacial score (nSPS) is 44.3. The molecular weight excluding hydrogens is 1380 g/mol. The van der Waals surface area contributed by atoms with Crippen LogP contribution in [0.4, 0.5) is 0 Å². The number of hydrogen-bond acceptors (Lipinski definition) is 37. The van der Waals surface area contributed by atoms with Gasteiger partial charge in [-0.25, -0.2) is 0 Å². The highest BCUT2D eigenvalue weighted by Crippen LogP contribution is 2.41. The second-order valence-corrected chi connectivity index (χ2v) is 26.3. The zero-order chi connectivity index (χ0) is 75.1. The molecule has 103 heavy (non-hydrogen) atoms. The lowest BCUT2D eigenvalue weighted by molar-refractivity contribution is -0.400. The third-order valence-electron chi connectivity index (χ3n) is 19.2. The van der Waals surface area contributed by atoms with Crippen molar-refractivity contribution in [2.24, 2.45) is 0 Å². The van der Waals surface area contributed by atoms with E-state index >= 15 is 0 Å². The Morgan fingerprint density at radius 2 is 0.447 bits per heavy atom. The van der Waals surface area contributed by atoms with Crippen molar-refractivity contribution >= 4 is 5.78 Å². The van der Waals surface area contributed by atoms with E-state index in [1.54, 1.807) is 24.3 Å². The quantitative estimate of drug-likeness (QED) is 0.0479. The predicted molar refractivity (Wildman–Crippen MR) is 343 cm³/mol. The van der Waals surface area contributed by atoms with Gasteiger partial charge < -0.3 is 173 Å². The van der Waals surface area contributed by atoms with Gasteiger partial charge in [0.2, 0.25) is 0 Å². The van der Waals surface area contributed by atoms with Gasteiger partial charge in [0.15, 0.2) is 49.8 Å². The van der Waals surface area contributed by atoms with Crippen LogP contribution in [0.2, 0.25) is 0 Å². The third-order valence-corrected chi connectivity index (χ3v) is 19.2. The largest absolute Gasteiger partial charge is 0.387 e. The van der Waals surface area contributed by atoms with Gasteiger partial charge in [-0.05, 0) is 13.8 Å². The third kappa shape index (κ3) is 19.8. The highest BCUT2D eigenvalue weighted by molar-refractivity contribution is 6.01. The molecular formula is C66H110O37. The zero-order valence-electron chi connectivity index (χ0n) is 61.0. The number of aliphatic hydroxyl groups excluding tert-OH is 7. The Bertz CT molecular complexity index is 2180. The summed E-state index contributed by atoms with van der Waals surface area (Å²) in [6, 6.07) is 8.78. The standard InChI is InChI=1S/C56H98O35.C10H12O2/c1-64-15-22-36-29(57)43(71-8)50(78-22)86-37-23(16-65-2)80-52(45(73-10)30(37)58)88-39-25(18-67-4)82-54(47(75-12)32(39)60)90-41-27(20-69-6)84-56(49(77-14)34(41)62)91-42-28(21-70-7)83-55(48(76-13)35(42)63)89-40-26(19-68-5)81-53(46(74-11)33(40)61)87-38-24(17-66-3)79-51(85-36)44(72-9)31(38)59;1-10(2,12)9(11)8-6-4-3-5-7-8/h22-63H,15-21H2,1-14H3;3-7,12H,1-2H3/t22-,23-,24-,25-,26+,27+,28+,29-,30-,31-,32-,33-,34+,35-,36+,37+,38+,39+,40+,41+,42+,43+,44+,45+,46+,47+,48-,49-,50+,51+,52+,53+,54+,55+,56+;/m0./s1. The zero-order valence-corrected chi connectivity index (χ0v) is 61.0. The lowest BCUT2D eigenvalue weighted by Gasteiger charge is -2.51. The molecule has 37 heteroatoms. The number of rotatable bonds is 23. The van der Waals surface area contributed by atoms with Crippen molar-refractivity contribution in [2.45, 2.75) is 234 Å². The Morgan fingerprint density at radius 1 is 0.291 bits per heavy atom. The average Bonchev–Trinajstić information content (AvgIpc) is 0.786. The molecule has 35 atom stereocenters. The molecule has 0 aliphatic carbocycles. The molecule has 0 saturated carbocycles. The van der Waals surface area contributed by atoms with Crippen molar-refractivity contribution in [1.82, 2.24) is 0 Å². The van der Waals surface area contributed by atoms with Crippen LogP contribution < -0.4 is 0 Å². The summed E-state index contributed by atoms with van der Waals surface area (Å²) in [6.07, 6.45) is -49.4. The molecule has 0 radical (unpaired) electrons. The van der Waals surface area contributed by atoms with Gasteiger partial charge in [-0.3, -0.25) is 4.79 Å². The van der Waals surface area contributed by atoms with Crippen LogP contribution in [0.25, 0.3) is 0 Å². The maximum atomic E-state index is 12.3. The fourth-order valence-electron chi connectivity index (χ4n) is 14.1. The van der Waals surface area contributed by atoms with E-state index in [4.69, 9.17) is 133 Å². The Balaban J connectivity index is 0.00000101. The molecule has 1 aromatic carbocycles. The summed E-state index contributed by atoms with van der Waals surface area (Å²) >= 11 is 0. The van der Waals surface area contributed by atoms with Crippen LogP contribution in [-0.2, 0) is 133 Å². The summed E-state index contributed by atoms with van der Waals surface area (Å²) in [7, 11) is 18.7. The molecule has 21 aliphatic heterocycles. The molecule has 21 aliphatic rings. The molecule has 0 amide bonds. The number of carbonyl (C=O) groups excluding carboxylic acids is 1. The maximum Gasteiger partial charge on any atom is 0.193 e. The molecule has 21 fully saturated rings. The van der Waals surface area contributed by atoms with Gasteiger partial charge in [0, 0.05) is 105 Å². The van der Waals surface area contributed by atoms with E-state index in [-0.39, 0.29) is 52.0 Å². The molecule has 37 nitrogen and oxygen atoms in total. The number of ketones is 1. The number of Topliss-reactive ketones (excluding diaryl/α,β-unsaturated/α-hetero) is 1. The molecule has 0 aromatic heterocycles. The minimum Gasteiger partial charge on any atom is -0.387 e. The van der Waals surface area contributed by atoms with E-state index in [1.807, 2.05) is 6.07 Å². The number of aliphatic hydroxyl groups is 8. The van der Waals surface area contributed by atoms with Crippen molar-refractivity contribution in [1.29, 1.82) is 0 Å². The van der Waals surface area contributed by atoms with E-state index in [0.29, 0.717) is 5.56 Å². The van der Waals surface area contributed by atoms with Crippen LogP contribution in [0.3, 0.4) is 0 Å². The minimum absolute atomic E-state index is 0.227. The second kappa shape index (κ2) is 40.4. The predicted octanol–water partition coefficient (Wildman–Crippen LogP) is -4.43. The number of carbonyl (C=O) groups is 1. The van der Waals surface area contributed by atoms with Crippen LogP contribution >= 0.6 is 0 Å². The Kier molecular flexibility index (Phi) is 33.8. The molecule has 8 N–H and O–H groups in total. The van der Waals surface area contributed by atoms with Gasteiger partial charge in [-0.1, -0.05) is 30.3 Å². The van der Waals surface area contributed by atoms with Crippen LogP contribution in [0.5, 0.6) is 0 Å². The van der Waals surface area contributed by atoms with Crippen LogP contribution in [0.15, 0.2) is 30.3 Å². The monoisotopic (exact) mass is 1490 g/mol. The first-order valence-electron chi connectivity index (χ1n) is 33.8. The molecule has 0 unspecified atom stereocenters. The van der Waals surface area contributed by atoms with Gasteiger partial charge in [0.05, 0.1) is 46.2 Å². The lowest BCUT2D eigenvalue weighted by atomic mass is 9.95. The minimum atomic E-state index is -1.62. The molecule has 1 aromatic rings. The Hall–Kier alpha value is -2.55.